The quantitative estimate of drug-likeness (QED) is 0.837. The van der Waals surface area contributed by atoms with Gasteiger partial charge in [0.05, 0.1) is 11.5 Å². The number of hydrogen-bond donors (Lipinski definition) is 2. The molecule has 1 saturated carbocycles. The third-order valence-corrected chi connectivity index (χ3v) is 3.43. The number of amides is 1. The highest BCUT2D eigenvalue weighted by atomic mass is 19.1. The molecule has 0 aliphatic heterocycles. The van der Waals surface area contributed by atoms with Crippen LogP contribution in [0, 0.1) is 5.82 Å². The summed E-state index contributed by atoms with van der Waals surface area (Å²) in [6.45, 7) is 2.17. The molecule has 2 N–H and O–H groups in total. The average Bonchev–Trinajstić information content (AvgIpc) is 3.10. The molecule has 0 bridgehead atoms. The summed E-state index contributed by atoms with van der Waals surface area (Å²) in [7, 11) is 0. The number of benzene rings is 1. The van der Waals surface area contributed by atoms with Gasteiger partial charge in [-0.3, -0.25) is 4.79 Å². The molecule has 0 aromatic heterocycles. The topological polar surface area (TPSA) is 49.3 Å². The molecular formula is C14H18FNO2. The molecule has 1 atom stereocenters. The fourth-order valence-electron chi connectivity index (χ4n) is 2.10. The van der Waals surface area contributed by atoms with Crippen LogP contribution in [-0.4, -0.2) is 23.7 Å². The van der Waals surface area contributed by atoms with Gasteiger partial charge in [0.25, 0.3) is 0 Å². The van der Waals surface area contributed by atoms with Crippen LogP contribution in [0.15, 0.2) is 24.3 Å². The maximum atomic E-state index is 12.9. The Kier molecular flexibility index (Phi) is 3.66. The Morgan fingerprint density at radius 2 is 2.06 bits per heavy atom. The molecule has 0 heterocycles. The number of hydrogen-bond acceptors (Lipinski definition) is 2. The normalized spacial score (nSPS) is 18.2. The van der Waals surface area contributed by atoms with Crippen LogP contribution in [0.2, 0.25) is 0 Å². The van der Waals surface area contributed by atoms with E-state index in [0.29, 0.717) is 13.0 Å². The summed E-state index contributed by atoms with van der Waals surface area (Å²) in [5.74, 6) is -0.307. The average molecular weight is 251 g/mol. The van der Waals surface area contributed by atoms with E-state index in [1.54, 1.807) is 19.1 Å². The van der Waals surface area contributed by atoms with E-state index in [4.69, 9.17) is 5.11 Å². The number of nitrogens with one attached hydrogen (secondary N) is 1. The van der Waals surface area contributed by atoms with E-state index >= 15 is 0 Å². The van der Waals surface area contributed by atoms with Crippen molar-refractivity contribution >= 4 is 5.91 Å². The monoisotopic (exact) mass is 251 g/mol. The highest BCUT2D eigenvalue weighted by Gasteiger charge is 2.50. The van der Waals surface area contributed by atoms with Gasteiger partial charge in [-0.15, -0.1) is 0 Å². The predicted molar refractivity (Wildman–Crippen MR) is 66.6 cm³/mol. The first-order chi connectivity index (χ1) is 8.54. The molecule has 98 valence electrons. The van der Waals surface area contributed by atoms with Gasteiger partial charge < -0.3 is 10.4 Å². The molecule has 0 radical (unpaired) electrons. The fraction of sp³-hybridized carbons (Fsp3) is 0.500. The maximum Gasteiger partial charge on any atom is 0.230 e. The van der Waals surface area contributed by atoms with Crippen LogP contribution in [-0.2, 0) is 10.2 Å². The first kappa shape index (κ1) is 13.0. The largest absolute Gasteiger partial charge is 0.393 e. The minimum absolute atomic E-state index is 0.0187. The van der Waals surface area contributed by atoms with Crippen LogP contribution in [0.4, 0.5) is 4.39 Å². The zero-order valence-electron chi connectivity index (χ0n) is 10.4. The molecule has 2 rings (SSSR count). The molecule has 1 aliphatic rings. The summed E-state index contributed by atoms with van der Waals surface area (Å²) in [4.78, 5) is 12.1. The van der Waals surface area contributed by atoms with Crippen molar-refractivity contribution in [2.24, 2.45) is 0 Å². The van der Waals surface area contributed by atoms with Gasteiger partial charge in [-0.25, -0.2) is 4.39 Å². The number of carbonyl (C=O) groups is 1. The van der Waals surface area contributed by atoms with Gasteiger partial charge in [-0.05, 0) is 43.9 Å². The Hall–Kier alpha value is -1.42. The minimum Gasteiger partial charge on any atom is -0.393 e. The summed E-state index contributed by atoms with van der Waals surface area (Å²) in [5, 5.41) is 12.0. The minimum atomic E-state index is -0.466. The lowest BCUT2D eigenvalue weighted by Gasteiger charge is -2.16. The highest BCUT2D eigenvalue weighted by Crippen LogP contribution is 2.48. The second kappa shape index (κ2) is 5.06. The van der Waals surface area contributed by atoms with Gasteiger partial charge in [-0.2, -0.15) is 0 Å². The van der Waals surface area contributed by atoms with Gasteiger partial charge >= 0.3 is 0 Å². The van der Waals surface area contributed by atoms with Crippen molar-refractivity contribution in [1.29, 1.82) is 0 Å². The molecule has 0 spiro atoms. The summed E-state index contributed by atoms with van der Waals surface area (Å²) >= 11 is 0. The lowest BCUT2D eigenvalue weighted by Crippen LogP contribution is -2.36. The molecule has 3 nitrogen and oxygen atoms in total. The van der Waals surface area contributed by atoms with Crippen molar-refractivity contribution < 1.29 is 14.3 Å². The van der Waals surface area contributed by atoms with Crippen molar-refractivity contribution in [3.8, 4) is 0 Å². The van der Waals surface area contributed by atoms with Gasteiger partial charge in [0.15, 0.2) is 0 Å². The highest BCUT2D eigenvalue weighted by molar-refractivity contribution is 5.91. The third-order valence-electron chi connectivity index (χ3n) is 3.43. The molecule has 0 saturated heterocycles. The van der Waals surface area contributed by atoms with Gasteiger partial charge in [0, 0.05) is 6.54 Å². The second-order valence-corrected chi connectivity index (χ2v) is 4.98. The van der Waals surface area contributed by atoms with Crippen LogP contribution in [0.1, 0.15) is 31.7 Å². The first-order valence-corrected chi connectivity index (χ1v) is 6.27. The van der Waals surface area contributed by atoms with Gasteiger partial charge in [0.2, 0.25) is 5.91 Å². The summed E-state index contributed by atoms with van der Waals surface area (Å²) in [5.41, 5.74) is 0.408. The van der Waals surface area contributed by atoms with Gasteiger partial charge in [0.1, 0.15) is 5.82 Å². The molecular weight excluding hydrogens is 233 g/mol. The van der Waals surface area contributed by atoms with Crippen molar-refractivity contribution in [2.75, 3.05) is 6.54 Å². The maximum absolute atomic E-state index is 12.9. The molecule has 1 aromatic rings. The lowest BCUT2D eigenvalue weighted by atomic mass is 9.95. The standard InChI is InChI=1S/C14H18FNO2/c1-10(17)6-9-16-13(18)14(7-8-14)11-2-4-12(15)5-3-11/h2-5,10,17H,6-9H2,1H3,(H,16,18). The van der Waals surface area contributed by atoms with E-state index in [1.807, 2.05) is 0 Å². The zero-order valence-corrected chi connectivity index (χ0v) is 10.4. The SMILES string of the molecule is CC(O)CCNC(=O)C1(c2ccc(F)cc2)CC1. The second-order valence-electron chi connectivity index (χ2n) is 4.98. The van der Waals surface area contributed by atoms with Gasteiger partial charge in [-0.1, -0.05) is 12.1 Å². The Balaban J connectivity index is 1.98. The van der Waals surface area contributed by atoms with E-state index in [1.165, 1.54) is 12.1 Å². The van der Waals surface area contributed by atoms with E-state index in [2.05, 4.69) is 5.32 Å². The number of rotatable bonds is 5. The first-order valence-electron chi connectivity index (χ1n) is 6.27. The van der Waals surface area contributed by atoms with Crippen molar-refractivity contribution in [2.45, 2.75) is 37.7 Å². The zero-order chi connectivity index (χ0) is 13.2. The molecule has 1 amide bonds. The fourth-order valence-corrected chi connectivity index (χ4v) is 2.10. The Morgan fingerprint density at radius 3 is 2.56 bits per heavy atom. The Bertz CT molecular complexity index is 424. The van der Waals surface area contributed by atoms with Crippen molar-refractivity contribution in [3.05, 3.63) is 35.6 Å². The molecule has 1 aromatic carbocycles. The molecule has 1 aliphatic carbocycles. The Morgan fingerprint density at radius 1 is 1.44 bits per heavy atom. The van der Waals surface area contributed by atoms with E-state index < -0.39 is 11.5 Å². The molecule has 4 heteroatoms. The number of aliphatic hydroxyl groups excluding tert-OH is 1. The molecule has 18 heavy (non-hydrogen) atoms. The summed E-state index contributed by atoms with van der Waals surface area (Å²) in [6.07, 6.45) is 1.75. The van der Waals surface area contributed by atoms with Crippen LogP contribution in [0.25, 0.3) is 0 Å². The van der Waals surface area contributed by atoms with E-state index in [-0.39, 0.29) is 11.7 Å². The number of aliphatic hydroxyl groups is 1. The van der Waals surface area contributed by atoms with E-state index in [9.17, 15) is 9.18 Å². The van der Waals surface area contributed by atoms with Crippen molar-refractivity contribution in [1.82, 2.24) is 5.32 Å². The lowest BCUT2D eigenvalue weighted by molar-refractivity contribution is -0.123. The van der Waals surface area contributed by atoms with Crippen molar-refractivity contribution in [3.63, 3.8) is 0 Å². The van der Waals surface area contributed by atoms with Crippen LogP contribution < -0.4 is 5.32 Å². The number of halogens is 1. The Labute approximate surface area is 106 Å². The molecule has 1 unspecified atom stereocenters. The number of carbonyl (C=O) groups excluding carboxylic acids is 1. The molecule has 1 fully saturated rings. The third kappa shape index (κ3) is 2.70. The van der Waals surface area contributed by atoms with Crippen LogP contribution in [0.5, 0.6) is 0 Å². The van der Waals surface area contributed by atoms with Crippen LogP contribution in [0.3, 0.4) is 0 Å². The van der Waals surface area contributed by atoms with Crippen LogP contribution >= 0.6 is 0 Å². The van der Waals surface area contributed by atoms with E-state index in [0.717, 1.165) is 18.4 Å². The summed E-state index contributed by atoms with van der Waals surface area (Å²) < 4.78 is 12.9. The smallest absolute Gasteiger partial charge is 0.230 e. The predicted octanol–water partition coefficient (Wildman–Crippen LogP) is 1.74. The summed E-state index contributed by atoms with van der Waals surface area (Å²) in [6, 6.07) is 6.13.